The molecule has 0 spiro atoms. The van der Waals surface area contributed by atoms with Crippen molar-refractivity contribution in [3.8, 4) is 0 Å². The second-order valence-electron chi connectivity index (χ2n) is 6.18. The summed E-state index contributed by atoms with van der Waals surface area (Å²) in [6.07, 6.45) is 0. The SMILES string of the molecule is CCN(CC)c1nc(N(CC)CC)c(C(C)=O)c(N2CCNCC2)n1. The molecule has 0 amide bonds. The summed E-state index contributed by atoms with van der Waals surface area (Å²) in [6.45, 7) is 16.8. The van der Waals surface area contributed by atoms with Crippen LogP contribution in [0.5, 0.6) is 0 Å². The molecule has 1 fully saturated rings. The standard InChI is InChI=1S/C18H32N6O/c1-6-22(7-2)16-15(14(5)25)17(24-12-10-19-11-13-24)21-18(20-16)23(8-3)9-4/h19H,6-13H2,1-5H3. The molecule has 0 unspecified atom stereocenters. The summed E-state index contributed by atoms with van der Waals surface area (Å²) < 4.78 is 0. The molecule has 0 bridgehead atoms. The minimum absolute atomic E-state index is 0.0292. The molecule has 0 aliphatic carbocycles. The van der Waals surface area contributed by atoms with E-state index in [9.17, 15) is 4.79 Å². The van der Waals surface area contributed by atoms with Crippen LogP contribution < -0.4 is 20.0 Å². The van der Waals surface area contributed by atoms with Gasteiger partial charge in [0.05, 0.1) is 0 Å². The van der Waals surface area contributed by atoms with E-state index in [2.05, 4.69) is 47.7 Å². The second kappa shape index (κ2) is 8.99. The first kappa shape index (κ1) is 19.4. The molecule has 7 heteroatoms. The van der Waals surface area contributed by atoms with Gasteiger partial charge in [-0.15, -0.1) is 0 Å². The molecule has 1 aliphatic rings. The maximum atomic E-state index is 12.5. The van der Waals surface area contributed by atoms with Crippen molar-refractivity contribution >= 4 is 23.4 Å². The van der Waals surface area contributed by atoms with E-state index in [0.717, 1.165) is 64.0 Å². The van der Waals surface area contributed by atoms with Crippen LogP contribution in [0.4, 0.5) is 17.6 Å². The van der Waals surface area contributed by atoms with Crippen molar-refractivity contribution in [3.05, 3.63) is 5.56 Å². The van der Waals surface area contributed by atoms with Gasteiger partial charge < -0.3 is 20.0 Å². The molecule has 1 saturated heterocycles. The molecule has 0 radical (unpaired) electrons. The molecule has 1 aromatic rings. The molecule has 140 valence electrons. The van der Waals surface area contributed by atoms with E-state index in [4.69, 9.17) is 9.97 Å². The lowest BCUT2D eigenvalue weighted by Gasteiger charge is -2.33. The van der Waals surface area contributed by atoms with Crippen LogP contribution in [-0.4, -0.2) is 68.1 Å². The molecule has 0 atom stereocenters. The Morgan fingerprint density at radius 2 is 1.56 bits per heavy atom. The number of nitrogens with one attached hydrogen (secondary N) is 1. The molecule has 7 nitrogen and oxygen atoms in total. The number of carbonyl (C=O) groups is 1. The van der Waals surface area contributed by atoms with Gasteiger partial charge in [-0.2, -0.15) is 9.97 Å². The number of ketones is 1. The van der Waals surface area contributed by atoms with Crippen LogP contribution >= 0.6 is 0 Å². The van der Waals surface area contributed by atoms with Gasteiger partial charge in [-0.3, -0.25) is 4.79 Å². The summed E-state index contributed by atoms with van der Waals surface area (Å²) in [5.74, 6) is 2.29. The van der Waals surface area contributed by atoms with Gasteiger partial charge in [0.2, 0.25) is 5.95 Å². The van der Waals surface area contributed by atoms with Crippen molar-refractivity contribution in [2.24, 2.45) is 0 Å². The average Bonchev–Trinajstić information content (AvgIpc) is 2.64. The van der Waals surface area contributed by atoms with Gasteiger partial charge in [-0.25, -0.2) is 0 Å². The lowest BCUT2D eigenvalue weighted by Crippen LogP contribution is -2.45. The van der Waals surface area contributed by atoms with Crippen molar-refractivity contribution in [2.75, 3.05) is 67.1 Å². The Labute approximate surface area is 151 Å². The quantitative estimate of drug-likeness (QED) is 0.718. The Kier molecular flexibility index (Phi) is 6.99. The van der Waals surface area contributed by atoms with Gasteiger partial charge in [0.15, 0.2) is 5.78 Å². The largest absolute Gasteiger partial charge is 0.356 e. The van der Waals surface area contributed by atoms with E-state index in [1.807, 2.05) is 0 Å². The summed E-state index contributed by atoms with van der Waals surface area (Å²) in [4.78, 5) is 28.7. The highest BCUT2D eigenvalue weighted by Crippen LogP contribution is 2.30. The third-order valence-electron chi connectivity index (χ3n) is 4.74. The summed E-state index contributed by atoms with van der Waals surface area (Å²) in [5, 5.41) is 3.36. The van der Waals surface area contributed by atoms with E-state index in [0.29, 0.717) is 11.5 Å². The van der Waals surface area contributed by atoms with E-state index >= 15 is 0 Å². The number of piperazine rings is 1. The molecule has 0 aromatic carbocycles. The highest BCUT2D eigenvalue weighted by Gasteiger charge is 2.26. The van der Waals surface area contributed by atoms with Gasteiger partial charge in [-0.1, -0.05) is 0 Å². The Morgan fingerprint density at radius 3 is 2.04 bits per heavy atom. The summed E-state index contributed by atoms with van der Waals surface area (Å²) in [7, 11) is 0. The maximum absolute atomic E-state index is 12.5. The number of Topliss-reactive ketones (excluding diaryl/α,β-unsaturated/α-hetero) is 1. The second-order valence-corrected chi connectivity index (χ2v) is 6.18. The fourth-order valence-corrected chi connectivity index (χ4v) is 3.25. The zero-order valence-electron chi connectivity index (χ0n) is 16.3. The predicted molar refractivity (Wildman–Crippen MR) is 104 cm³/mol. The molecule has 2 heterocycles. The molecule has 25 heavy (non-hydrogen) atoms. The zero-order chi connectivity index (χ0) is 18.4. The van der Waals surface area contributed by atoms with E-state index in [-0.39, 0.29) is 5.78 Å². The summed E-state index contributed by atoms with van der Waals surface area (Å²) in [6, 6.07) is 0. The van der Waals surface area contributed by atoms with Crippen molar-refractivity contribution in [3.63, 3.8) is 0 Å². The number of rotatable bonds is 8. The van der Waals surface area contributed by atoms with Gasteiger partial charge in [0.25, 0.3) is 0 Å². The van der Waals surface area contributed by atoms with Crippen LogP contribution in [0.3, 0.4) is 0 Å². The normalized spacial score (nSPS) is 14.5. The summed E-state index contributed by atoms with van der Waals surface area (Å²) >= 11 is 0. The number of anilines is 3. The van der Waals surface area contributed by atoms with Crippen molar-refractivity contribution in [1.29, 1.82) is 0 Å². The highest BCUT2D eigenvalue weighted by molar-refractivity contribution is 6.04. The molecular weight excluding hydrogens is 316 g/mol. The topological polar surface area (TPSA) is 64.6 Å². The van der Waals surface area contributed by atoms with Gasteiger partial charge >= 0.3 is 0 Å². The fraction of sp³-hybridized carbons (Fsp3) is 0.722. The van der Waals surface area contributed by atoms with Gasteiger partial charge in [0, 0.05) is 52.4 Å². The minimum Gasteiger partial charge on any atom is -0.356 e. The van der Waals surface area contributed by atoms with Crippen molar-refractivity contribution in [1.82, 2.24) is 15.3 Å². The zero-order valence-corrected chi connectivity index (χ0v) is 16.3. The van der Waals surface area contributed by atoms with Crippen LogP contribution in [-0.2, 0) is 0 Å². The average molecular weight is 348 g/mol. The van der Waals surface area contributed by atoms with Crippen LogP contribution in [0, 0.1) is 0 Å². The number of hydrogen-bond acceptors (Lipinski definition) is 7. The first-order valence-corrected chi connectivity index (χ1v) is 9.45. The number of aromatic nitrogens is 2. The molecule has 1 aromatic heterocycles. The molecule has 0 saturated carbocycles. The smallest absolute Gasteiger partial charge is 0.229 e. The molecule has 1 N–H and O–H groups in total. The van der Waals surface area contributed by atoms with Crippen molar-refractivity contribution in [2.45, 2.75) is 34.6 Å². The van der Waals surface area contributed by atoms with Crippen LogP contribution in [0.2, 0.25) is 0 Å². The number of carbonyl (C=O) groups excluding carboxylic acids is 1. The lowest BCUT2D eigenvalue weighted by atomic mass is 10.1. The van der Waals surface area contributed by atoms with E-state index < -0.39 is 0 Å². The Hall–Kier alpha value is -1.89. The van der Waals surface area contributed by atoms with E-state index in [1.54, 1.807) is 6.92 Å². The number of hydrogen-bond donors (Lipinski definition) is 1. The number of nitrogens with zero attached hydrogens (tertiary/aromatic N) is 5. The maximum Gasteiger partial charge on any atom is 0.229 e. The van der Waals surface area contributed by atoms with Gasteiger partial charge in [-0.05, 0) is 34.6 Å². The molecule has 1 aliphatic heterocycles. The lowest BCUT2D eigenvalue weighted by molar-refractivity contribution is 0.101. The Bertz CT molecular complexity index is 577. The third-order valence-corrected chi connectivity index (χ3v) is 4.74. The first-order chi connectivity index (χ1) is 12.1. The van der Waals surface area contributed by atoms with E-state index in [1.165, 1.54) is 0 Å². The Morgan fingerprint density at radius 1 is 1.00 bits per heavy atom. The summed E-state index contributed by atoms with van der Waals surface area (Å²) in [5.41, 5.74) is 0.654. The van der Waals surface area contributed by atoms with Gasteiger partial charge in [0.1, 0.15) is 17.2 Å². The Balaban J connectivity index is 2.65. The van der Waals surface area contributed by atoms with Crippen molar-refractivity contribution < 1.29 is 4.79 Å². The third kappa shape index (κ3) is 4.21. The van der Waals surface area contributed by atoms with Crippen LogP contribution in [0.25, 0.3) is 0 Å². The monoisotopic (exact) mass is 348 g/mol. The first-order valence-electron chi connectivity index (χ1n) is 9.45. The minimum atomic E-state index is 0.0292. The predicted octanol–water partition coefficient (Wildman–Crippen LogP) is 1.78. The molecular formula is C18H32N6O. The van der Waals surface area contributed by atoms with Crippen LogP contribution in [0.15, 0.2) is 0 Å². The van der Waals surface area contributed by atoms with Crippen LogP contribution in [0.1, 0.15) is 45.0 Å². The molecule has 2 rings (SSSR count). The highest BCUT2D eigenvalue weighted by atomic mass is 16.1. The fourth-order valence-electron chi connectivity index (χ4n) is 3.25.